The summed E-state index contributed by atoms with van der Waals surface area (Å²) in [5.41, 5.74) is 0. The molecule has 0 aliphatic heterocycles. The normalized spacial score (nSPS) is 6.67. The van der Waals surface area contributed by atoms with E-state index in [9.17, 15) is 0 Å². The van der Waals surface area contributed by atoms with Gasteiger partial charge in [0.05, 0.1) is 0 Å². The van der Waals surface area contributed by atoms with E-state index in [0.29, 0.717) is 0 Å². The zero-order valence-electron chi connectivity index (χ0n) is 3.29. The average molecular weight is 94.0 g/mol. The van der Waals surface area contributed by atoms with Gasteiger partial charge in [-0.05, 0) is 10.4 Å². The van der Waals surface area contributed by atoms with E-state index in [1.54, 1.807) is 0 Å². The molecule has 0 atom stereocenters. The van der Waals surface area contributed by atoms with Gasteiger partial charge in [-0.2, -0.15) is 5.21 Å². The second-order valence-electron chi connectivity index (χ2n) is 0.479. The Morgan fingerprint density at radius 3 is 2.50 bits per heavy atom. The minimum atomic E-state index is 0. The van der Waals surface area contributed by atoms with Crippen LogP contribution in [0.15, 0.2) is 0 Å². The third-order valence-corrected chi connectivity index (χ3v) is 0.219. The summed E-state index contributed by atoms with van der Waals surface area (Å²) in [4.78, 5) is 0. The molecule has 0 aliphatic carbocycles. The largest absolute Gasteiger partial charge is 1.00 e. The summed E-state index contributed by atoms with van der Waals surface area (Å²) in [6, 6.07) is 0. The maximum atomic E-state index is 3.12. The van der Waals surface area contributed by atoms with Gasteiger partial charge in [0, 0.05) is 0 Å². The molecule has 0 unspecified atom stereocenters. The van der Waals surface area contributed by atoms with Crippen LogP contribution in [0.3, 0.4) is 0 Å². The molecular weight excluding hydrogens is 93.0 g/mol. The predicted molar refractivity (Wildman–Crippen MR) is 9.70 cm³/mol. The first-order valence-corrected chi connectivity index (χ1v) is 1.05. The number of nitrogens with one attached hydrogen (secondary N) is 1. The fraction of sp³-hybridized carbons (Fsp3) is 0. The maximum absolute atomic E-state index is 3.12. The molecule has 1 aromatic rings. The van der Waals surface area contributed by atoms with Gasteiger partial charge in [-0.25, -0.2) is 0 Å². The second kappa shape index (κ2) is 3.20. The van der Waals surface area contributed by atoms with Crippen LogP contribution in [0.2, 0.25) is 0 Å². The number of aromatic amines is 1. The monoisotopic (exact) mass is 94.0 g/mol. The van der Waals surface area contributed by atoms with E-state index in [0.717, 1.165) is 0 Å². The summed E-state index contributed by atoms with van der Waals surface area (Å²) in [5.74, 6) is 0. The SMILES string of the molecule is [Na+].n1n[n-][nH+]n1. The molecule has 0 aliphatic rings. The number of hydrogen-bond acceptors (Lipinski definition) is 3. The van der Waals surface area contributed by atoms with Crippen LogP contribution in [-0.2, 0) is 0 Å². The Hall–Kier alpha value is 0.0000000000000000555. The summed E-state index contributed by atoms with van der Waals surface area (Å²) in [6.45, 7) is 0. The van der Waals surface area contributed by atoms with Crippen molar-refractivity contribution in [3.8, 4) is 0 Å². The molecule has 0 saturated carbocycles. The standard InChI is InChI=1S/HN5.Na/c1-2-4-5-3-1;/h(H-,1,2,3,4,5);/q;+1. The van der Waals surface area contributed by atoms with E-state index >= 15 is 0 Å². The van der Waals surface area contributed by atoms with Gasteiger partial charge in [0.25, 0.3) is 0 Å². The van der Waals surface area contributed by atoms with Crippen molar-refractivity contribution in [2.45, 2.75) is 0 Å². The van der Waals surface area contributed by atoms with E-state index in [4.69, 9.17) is 0 Å². The zero-order chi connectivity index (χ0) is 3.54. The first-order valence-electron chi connectivity index (χ1n) is 1.05. The Morgan fingerprint density at radius 2 is 2.33 bits per heavy atom. The van der Waals surface area contributed by atoms with Crippen molar-refractivity contribution in [1.82, 2.24) is 20.9 Å². The molecule has 1 heterocycles. The van der Waals surface area contributed by atoms with Crippen LogP contribution in [-0.4, -0.2) is 15.6 Å². The quantitative estimate of drug-likeness (QED) is 0.301. The van der Waals surface area contributed by atoms with Gasteiger partial charge in [0.15, 0.2) is 0 Å². The molecule has 0 spiro atoms. The van der Waals surface area contributed by atoms with Gasteiger partial charge in [0.1, 0.15) is 10.4 Å². The molecule has 6 heavy (non-hydrogen) atoms. The van der Waals surface area contributed by atoms with Gasteiger partial charge >= 0.3 is 29.6 Å². The van der Waals surface area contributed by atoms with Crippen LogP contribution in [0.1, 0.15) is 0 Å². The van der Waals surface area contributed by atoms with E-state index in [1.165, 1.54) is 0 Å². The maximum Gasteiger partial charge on any atom is 1.00 e. The van der Waals surface area contributed by atoms with Crippen molar-refractivity contribution < 1.29 is 34.8 Å². The van der Waals surface area contributed by atoms with Crippen molar-refractivity contribution in [1.29, 1.82) is 0 Å². The van der Waals surface area contributed by atoms with E-state index in [1.807, 2.05) is 0 Å². The fourth-order valence-electron chi connectivity index (χ4n) is 0.100. The minimum Gasteiger partial charge on any atom is -0.181 e. The second-order valence-corrected chi connectivity index (χ2v) is 0.479. The Morgan fingerprint density at radius 1 is 1.50 bits per heavy atom. The summed E-state index contributed by atoms with van der Waals surface area (Å²) in [5, 5.41) is 14.5. The van der Waals surface area contributed by atoms with Crippen LogP contribution in [0.25, 0.3) is 0 Å². The van der Waals surface area contributed by atoms with Crippen LogP contribution in [0, 0.1) is 0 Å². The fourth-order valence-corrected chi connectivity index (χ4v) is 0.100. The Bertz CT molecular complexity index is 60.4. The smallest absolute Gasteiger partial charge is 0.181 e. The van der Waals surface area contributed by atoms with Gasteiger partial charge in [-0.1, -0.05) is 0 Å². The van der Waals surface area contributed by atoms with Gasteiger partial charge in [-0.3, -0.25) is 0 Å². The van der Waals surface area contributed by atoms with Crippen molar-refractivity contribution in [2.24, 2.45) is 0 Å². The summed E-state index contributed by atoms with van der Waals surface area (Å²) >= 11 is 0. The van der Waals surface area contributed by atoms with Crippen LogP contribution in [0.5, 0.6) is 0 Å². The van der Waals surface area contributed by atoms with Crippen LogP contribution in [0.4, 0.5) is 0 Å². The van der Waals surface area contributed by atoms with Crippen LogP contribution < -0.4 is 40.0 Å². The van der Waals surface area contributed by atoms with Gasteiger partial charge < -0.3 is 0 Å². The third-order valence-electron chi connectivity index (χ3n) is 0.219. The third kappa shape index (κ3) is 1.44. The molecule has 0 bridgehead atoms. The molecule has 1 N–H and O–H groups in total. The molecule has 0 amide bonds. The van der Waals surface area contributed by atoms with E-state index in [2.05, 4.69) is 26.1 Å². The molecule has 0 saturated heterocycles. The topological polar surface area (TPSA) is 66.9 Å². The van der Waals surface area contributed by atoms with Gasteiger partial charge in [0.2, 0.25) is 0 Å². The number of hydrogen-bond donors (Lipinski definition) is 0. The molecule has 0 radical (unpaired) electrons. The zero-order valence-corrected chi connectivity index (χ0v) is 5.29. The molecule has 6 heteroatoms. The average Bonchev–Trinajstić information content (AvgIpc) is 1.76. The Kier molecular flexibility index (Phi) is 3.20. The number of nitrogens with zero attached hydrogens (tertiary/aromatic N) is 4. The Labute approximate surface area is 55.8 Å². The van der Waals surface area contributed by atoms with Crippen LogP contribution >= 0.6 is 0 Å². The van der Waals surface area contributed by atoms with Crippen molar-refractivity contribution in [3.05, 3.63) is 0 Å². The van der Waals surface area contributed by atoms with Crippen molar-refractivity contribution in [3.63, 3.8) is 0 Å². The molecule has 26 valence electrons. The molecule has 1 aromatic heterocycles. The number of H-pyrrole nitrogens is 1. The number of rotatable bonds is 0. The first-order chi connectivity index (χ1) is 2.50. The van der Waals surface area contributed by atoms with E-state index < -0.39 is 0 Å². The molecule has 1 rings (SSSR count). The molecule has 0 fully saturated rings. The molecular formula is HN5Na+. The number of aromatic nitrogens is 5. The predicted octanol–water partition coefficient (Wildman–Crippen LogP) is -5.35. The summed E-state index contributed by atoms with van der Waals surface area (Å²) in [6.07, 6.45) is 0. The summed E-state index contributed by atoms with van der Waals surface area (Å²) < 4.78 is 0. The summed E-state index contributed by atoms with van der Waals surface area (Å²) in [7, 11) is 0. The molecule has 0 aromatic carbocycles. The Balaban J connectivity index is 0.000000250. The van der Waals surface area contributed by atoms with Crippen molar-refractivity contribution in [2.75, 3.05) is 0 Å². The van der Waals surface area contributed by atoms with Crippen molar-refractivity contribution >= 4 is 0 Å². The first kappa shape index (κ1) is 6.00. The molecule has 5 nitrogen and oxygen atoms in total. The van der Waals surface area contributed by atoms with Gasteiger partial charge in [-0.15, -0.1) is 0 Å². The minimum absolute atomic E-state index is 0. The van der Waals surface area contributed by atoms with E-state index in [-0.39, 0.29) is 29.6 Å².